The predicted molar refractivity (Wildman–Crippen MR) is 84.5 cm³/mol. The van der Waals surface area contributed by atoms with Crippen molar-refractivity contribution in [1.82, 2.24) is 0 Å². The molecule has 0 aliphatic rings. The Balaban J connectivity index is 2.51. The second-order valence-electron chi connectivity index (χ2n) is 3.98. The van der Waals surface area contributed by atoms with Gasteiger partial charge in [0.25, 0.3) is 0 Å². The number of nitro benzene ring substituents is 1. The first-order valence-corrected chi connectivity index (χ1v) is 7.70. The zero-order valence-electron chi connectivity index (χ0n) is 10.3. The van der Waals surface area contributed by atoms with Gasteiger partial charge in [-0.2, -0.15) is 0 Å². The topological polar surface area (TPSA) is 52.4 Å². The Morgan fingerprint density at radius 3 is 2.57 bits per heavy atom. The number of alkyl halides is 1. The standard InChI is InChI=1S/C13H7Br2ClFNO3/c14-8-2-1-7(6-16)12(3-8)21-13-5-10(17)9(15)4-11(13)18(19)20/h1-5H,6H2. The first-order chi connectivity index (χ1) is 9.92. The van der Waals surface area contributed by atoms with Crippen LogP contribution in [0.1, 0.15) is 5.56 Å². The maximum absolute atomic E-state index is 13.6. The molecular formula is C13H7Br2ClFNO3. The van der Waals surface area contributed by atoms with E-state index in [0.29, 0.717) is 15.8 Å². The monoisotopic (exact) mass is 437 g/mol. The van der Waals surface area contributed by atoms with E-state index in [2.05, 4.69) is 31.9 Å². The van der Waals surface area contributed by atoms with E-state index in [1.165, 1.54) is 0 Å². The van der Waals surface area contributed by atoms with E-state index in [9.17, 15) is 14.5 Å². The third-order valence-electron chi connectivity index (χ3n) is 2.59. The fourth-order valence-electron chi connectivity index (χ4n) is 1.59. The van der Waals surface area contributed by atoms with Crippen molar-refractivity contribution in [2.45, 2.75) is 5.88 Å². The minimum atomic E-state index is -0.655. The smallest absolute Gasteiger partial charge is 0.312 e. The minimum Gasteiger partial charge on any atom is -0.450 e. The minimum absolute atomic E-state index is 0.00615. The molecule has 0 aliphatic heterocycles. The van der Waals surface area contributed by atoms with Gasteiger partial charge in [-0.15, -0.1) is 11.6 Å². The van der Waals surface area contributed by atoms with Gasteiger partial charge in [0.2, 0.25) is 5.75 Å². The van der Waals surface area contributed by atoms with Gasteiger partial charge in [0.05, 0.1) is 15.3 Å². The van der Waals surface area contributed by atoms with Crippen molar-refractivity contribution in [2.75, 3.05) is 0 Å². The highest BCUT2D eigenvalue weighted by molar-refractivity contribution is 9.10. The van der Waals surface area contributed by atoms with Crippen LogP contribution in [0.25, 0.3) is 0 Å². The normalized spacial score (nSPS) is 10.5. The number of nitrogens with zero attached hydrogens (tertiary/aromatic N) is 1. The SMILES string of the molecule is O=[N+]([O-])c1cc(Br)c(F)cc1Oc1cc(Br)ccc1CCl. The van der Waals surface area contributed by atoms with Crippen LogP contribution in [0, 0.1) is 15.9 Å². The molecule has 0 spiro atoms. The van der Waals surface area contributed by atoms with Gasteiger partial charge in [-0.05, 0) is 28.1 Å². The summed E-state index contributed by atoms with van der Waals surface area (Å²) in [4.78, 5) is 10.4. The molecule has 0 fully saturated rings. The highest BCUT2D eigenvalue weighted by Crippen LogP contribution is 2.37. The van der Waals surface area contributed by atoms with Gasteiger partial charge in [-0.1, -0.05) is 22.0 Å². The summed E-state index contributed by atoms with van der Waals surface area (Å²) in [5.41, 5.74) is 0.293. The zero-order valence-corrected chi connectivity index (χ0v) is 14.2. The van der Waals surface area contributed by atoms with Gasteiger partial charge in [0.1, 0.15) is 11.6 Å². The van der Waals surface area contributed by atoms with Crippen LogP contribution in [0.3, 0.4) is 0 Å². The van der Waals surface area contributed by atoms with Crippen LogP contribution in [0.2, 0.25) is 0 Å². The van der Waals surface area contributed by atoms with Crippen molar-refractivity contribution in [3.63, 3.8) is 0 Å². The van der Waals surface area contributed by atoms with E-state index < -0.39 is 10.7 Å². The van der Waals surface area contributed by atoms with Crippen LogP contribution in [-0.4, -0.2) is 4.92 Å². The zero-order chi connectivity index (χ0) is 15.6. The summed E-state index contributed by atoms with van der Waals surface area (Å²) in [6, 6.07) is 7.11. The molecule has 0 saturated heterocycles. The molecular weight excluding hydrogens is 432 g/mol. The number of hydrogen-bond acceptors (Lipinski definition) is 3. The molecule has 0 aliphatic carbocycles. The van der Waals surface area contributed by atoms with E-state index in [-0.39, 0.29) is 21.8 Å². The lowest BCUT2D eigenvalue weighted by molar-refractivity contribution is -0.385. The van der Waals surface area contributed by atoms with Gasteiger partial charge in [0.15, 0.2) is 0 Å². The molecule has 0 atom stereocenters. The number of benzene rings is 2. The molecule has 0 N–H and O–H groups in total. The van der Waals surface area contributed by atoms with Crippen LogP contribution in [0.15, 0.2) is 39.3 Å². The quantitative estimate of drug-likeness (QED) is 0.344. The van der Waals surface area contributed by atoms with Crippen molar-refractivity contribution in [3.8, 4) is 11.5 Å². The van der Waals surface area contributed by atoms with Gasteiger partial charge in [0, 0.05) is 22.2 Å². The molecule has 0 amide bonds. The lowest BCUT2D eigenvalue weighted by atomic mass is 10.2. The first-order valence-electron chi connectivity index (χ1n) is 5.58. The molecule has 0 unspecified atom stereocenters. The fraction of sp³-hybridized carbons (Fsp3) is 0.0769. The molecule has 0 saturated carbocycles. The number of ether oxygens (including phenoxy) is 1. The predicted octanol–water partition coefficient (Wildman–Crippen LogP) is 5.79. The molecule has 0 aromatic heterocycles. The maximum Gasteiger partial charge on any atom is 0.312 e. The fourth-order valence-corrected chi connectivity index (χ4v) is 2.49. The lowest BCUT2D eigenvalue weighted by Crippen LogP contribution is -1.97. The summed E-state index contributed by atoms with van der Waals surface area (Å²) in [5.74, 6) is -0.359. The van der Waals surface area contributed by atoms with Crippen molar-refractivity contribution in [1.29, 1.82) is 0 Å². The molecule has 8 heteroatoms. The first kappa shape index (κ1) is 16.2. The molecule has 0 radical (unpaired) electrons. The molecule has 21 heavy (non-hydrogen) atoms. The largest absolute Gasteiger partial charge is 0.450 e. The molecule has 4 nitrogen and oxygen atoms in total. The number of rotatable bonds is 4. The van der Waals surface area contributed by atoms with Crippen molar-refractivity contribution in [3.05, 3.63) is 60.8 Å². The third-order valence-corrected chi connectivity index (χ3v) is 3.98. The lowest BCUT2D eigenvalue weighted by Gasteiger charge is -2.11. The van der Waals surface area contributed by atoms with Crippen LogP contribution < -0.4 is 4.74 Å². The number of halogens is 4. The molecule has 2 aromatic carbocycles. The summed E-state index contributed by atoms with van der Waals surface area (Å²) in [6.07, 6.45) is 0. The van der Waals surface area contributed by atoms with Crippen LogP contribution >= 0.6 is 43.5 Å². The third kappa shape index (κ3) is 3.72. The van der Waals surface area contributed by atoms with Crippen molar-refractivity contribution in [2.24, 2.45) is 0 Å². The van der Waals surface area contributed by atoms with Crippen LogP contribution in [0.5, 0.6) is 11.5 Å². The second kappa shape index (κ2) is 6.72. The summed E-state index contributed by atoms with van der Waals surface area (Å²) in [5, 5.41) is 11.0. The van der Waals surface area contributed by atoms with E-state index >= 15 is 0 Å². The summed E-state index contributed by atoms with van der Waals surface area (Å²) >= 11 is 12.0. The van der Waals surface area contributed by atoms with Crippen molar-refractivity contribution < 1.29 is 14.1 Å². The van der Waals surface area contributed by atoms with Crippen LogP contribution in [-0.2, 0) is 5.88 Å². The summed E-state index contributed by atoms with van der Waals surface area (Å²) in [7, 11) is 0. The Bertz CT molecular complexity index is 712. The van der Waals surface area contributed by atoms with Gasteiger partial charge in [-0.3, -0.25) is 10.1 Å². The van der Waals surface area contributed by atoms with E-state index in [4.69, 9.17) is 16.3 Å². The Kier molecular flexibility index (Phi) is 5.18. The molecule has 110 valence electrons. The Labute approximate surface area is 141 Å². The van der Waals surface area contributed by atoms with E-state index in [0.717, 1.165) is 12.1 Å². The maximum atomic E-state index is 13.6. The number of hydrogen-bond donors (Lipinski definition) is 0. The Morgan fingerprint density at radius 2 is 1.95 bits per heavy atom. The molecule has 2 aromatic rings. The van der Waals surface area contributed by atoms with Gasteiger partial charge >= 0.3 is 5.69 Å². The molecule has 0 bridgehead atoms. The summed E-state index contributed by atoms with van der Waals surface area (Å²) in [6.45, 7) is 0. The van der Waals surface area contributed by atoms with Crippen molar-refractivity contribution >= 4 is 49.1 Å². The average molecular weight is 439 g/mol. The second-order valence-corrected chi connectivity index (χ2v) is 6.02. The Morgan fingerprint density at radius 1 is 1.24 bits per heavy atom. The molecule has 0 heterocycles. The van der Waals surface area contributed by atoms with Crippen LogP contribution in [0.4, 0.5) is 10.1 Å². The number of nitro groups is 1. The van der Waals surface area contributed by atoms with E-state index in [1.807, 2.05) is 0 Å². The summed E-state index contributed by atoms with van der Waals surface area (Å²) < 4.78 is 19.8. The van der Waals surface area contributed by atoms with Gasteiger partial charge in [-0.25, -0.2) is 4.39 Å². The molecule has 2 rings (SSSR count). The van der Waals surface area contributed by atoms with E-state index in [1.54, 1.807) is 18.2 Å². The Hall–Kier alpha value is -1.18. The van der Waals surface area contributed by atoms with Gasteiger partial charge < -0.3 is 4.74 Å². The highest BCUT2D eigenvalue weighted by atomic mass is 79.9. The highest BCUT2D eigenvalue weighted by Gasteiger charge is 2.20. The average Bonchev–Trinajstić information content (AvgIpc) is 2.42.